The van der Waals surface area contributed by atoms with Gasteiger partial charge in [0.1, 0.15) is 11.5 Å². The molecule has 3 rings (SSSR count). The monoisotopic (exact) mass is 446 g/mol. The van der Waals surface area contributed by atoms with Crippen LogP contribution in [0.5, 0.6) is 5.88 Å². The number of ether oxygens (including phenoxy) is 1. The molecule has 1 N–H and O–H groups in total. The fourth-order valence-electron chi connectivity index (χ4n) is 3.90. The van der Waals surface area contributed by atoms with Gasteiger partial charge in [-0.05, 0) is 55.6 Å². The molecule has 8 heteroatoms. The Morgan fingerprint density at radius 3 is 2.45 bits per heavy atom. The number of hydrogen-bond acceptors (Lipinski definition) is 6. The van der Waals surface area contributed by atoms with Crippen LogP contribution in [0.1, 0.15) is 45.6 Å². The predicted molar refractivity (Wildman–Crippen MR) is 126 cm³/mol. The fourth-order valence-corrected chi connectivity index (χ4v) is 4.96. The molecule has 1 fully saturated rings. The van der Waals surface area contributed by atoms with Gasteiger partial charge in [0.2, 0.25) is 5.88 Å². The SMILES string of the molecule is CCCN1CCN(c2ccc(NS(=O)(=O)c3ccc(C(C)C)cc3)c(OC)n2)C[C@@H]1C. The van der Waals surface area contributed by atoms with Crippen LogP contribution >= 0.6 is 0 Å². The molecule has 1 aliphatic heterocycles. The van der Waals surface area contributed by atoms with Gasteiger partial charge in [0.05, 0.1) is 12.0 Å². The van der Waals surface area contributed by atoms with Crippen molar-refractivity contribution in [2.45, 2.75) is 51.0 Å². The van der Waals surface area contributed by atoms with Crippen molar-refractivity contribution in [1.29, 1.82) is 0 Å². The molecule has 0 saturated carbocycles. The zero-order chi connectivity index (χ0) is 22.6. The van der Waals surface area contributed by atoms with Gasteiger partial charge in [-0.1, -0.05) is 32.9 Å². The van der Waals surface area contributed by atoms with Crippen molar-refractivity contribution in [2.24, 2.45) is 0 Å². The third-order valence-corrected chi connectivity index (χ3v) is 7.12. The number of sulfonamides is 1. The van der Waals surface area contributed by atoms with Crippen LogP contribution in [-0.4, -0.2) is 57.6 Å². The van der Waals surface area contributed by atoms with Crippen molar-refractivity contribution >= 4 is 21.5 Å². The number of nitrogens with one attached hydrogen (secondary N) is 1. The van der Waals surface area contributed by atoms with Crippen LogP contribution in [0.2, 0.25) is 0 Å². The Bertz CT molecular complexity index is 977. The van der Waals surface area contributed by atoms with Gasteiger partial charge in [0, 0.05) is 25.7 Å². The zero-order valence-corrected chi connectivity index (χ0v) is 19.9. The molecule has 2 heterocycles. The first-order valence-electron chi connectivity index (χ1n) is 10.9. The summed E-state index contributed by atoms with van der Waals surface area (Å²) >= 11 is 0. The Hall–Kier alpha value is -2.32. The minimum Gasteiger partial charge on any atom is -0.479 e. The topological polar surface area (TPSA) is 74.8 Å². The summed E-state index contributed by atoms with van der Waals surface area (Å²) in [6.45, 7) is 12.4. The molecular formula is C23H34N4O3S. The lowest BCUT2D eigenvalue weighted by atomic mass is 10.0. The first-order valence-corrected chi connectivity index (χ1v) is 12.4. The van der Waals surface area contributed by atoms with Crippen molar-refractivity contribution in [3.8, 4) is 5.88 Å². The number of anilines is 2. The number of benzene rings is 1. The largest absolute Gasteiger partial charge is 0.479 e. The summed E-state index contributed by atoms with van der Waals surface area (Å²) in [5.74, 6) is 1.40. The molecule has 0 radical (unpaired) electrons. The van der Waals surface area contributed by atoms with E-state index in [1.807, 2.05) is 18.2 Å². The minimum absolute atomic E-state index is 0.212. The lowest BCUT2D eigenvalue weighted by Crippen LogP contribution is -2.52. The van der Waals surface area contributed by atoms with Crippen molar-refractivity contribution in [1.82, 2.24) is 9.88 Å². The highest BCUT2D eigenvalue weighted by Gasteiger charge is 2.25. The summed E-state index contributed by atoms with van der Waals surface area (Å²) in [5.41, 5.74) is 1.42. The highest BCUT2D eigenvalue weighted by atomic mass is 32.2. The molecule has 1 aromatic heterocycles. The average molecular weight is 447 g/mol. The standard InChI is InChI=1S/C23H34N4O3S/c1-6-13-26-14-15-27(16-18(26)4)22-12-11-21(23(24-22)30-5)25-31(28,29)20-9-7-19(8-10-20)17(2)3/h7-12,17-18,25H,6,13-16H2,1-5H3/t18-/m0/s1. The van der Waals surface area contributed by atoms with Gasteiger partial charge in [0.15, 0.2) is 0 Å². The minimum atomic E-state index is -3.74. The molecule has 170 valence electrons. The first-order chi connectivity index (χ1) is 14.7. The van der Waals surface area contributed by atoms with E-state index in [0.29, 0.717) is 17.6 Å². The highest BCUT2D eigenvalue weighted by molar-refractivity contribution is 7.92. The number of nitrogens with zero attached hydrogens (tertiary/aromatic N) is 3. The van der Waals surface area contributed by atoms with Crippen molar-refractivity contribution in [2.75, 3.05) is 42.9 Å². The van der Waals surface area contributed by atoms with E-state index in [4.69, 9.17) is 4.74 Å². The molecule has 1 aromatic carbocycles. The zero-order valence-electron chi connectivity index (χ0n) is 19.1. The van der Waals surface area contributed by atoms with E-state index >= 15 is 0 Å². The van der Waals surface area contributed by atoms with Crippen molar-refractivity contribution < 1.29 is 13.2 Å². The molecule has 0 unspecified atom stereocenters. The molecule has 31 heavy (non-hydrogen) atoms. The maximum Gasteiger partial charge on any atom is 0.262 e. The number of rotatable bonds is 8. The Morgan fingerprint density at radius 2 is 1.87 bits per heavy atom. The van der Waals surface area contributed by atoms with Crippen LogP contribution in [0.4, 0.5) is 11.5 Å². The number of methoxy groups -OCH3 is 1. The summed E-state index contributed by atoms with van der Waals surface area (Å²) in [6.07, 6.45) is 1.14. The van der Waals surface area contributed by atoms with Crippen molar-refractivity contribution in [3.05, 3.63) is 42.0 Å². The molecule has 2 aromatic rings. The summed E-state index contributed by atoms with van der Waals surface area (Å²) in [7, 11) is -2.24. The van der Waals surface area contributed by atoms with Gasteiger partial charge < -0.3 is 9.64 Å². The van der Waals surface area contributed by atoms with Crippen LogP contribution in [0.25, 0.3) is 0 Å². The Morgan fingerprint density at radius 1 is 1.16 bits per heavy atom. The van der Waals surface area contributed by atoms with Crippen LogP contribution in [-0.2, 0) is 10.0 Å². The lowest BCUT2D eigenvalue weighted by molar-refractivity contribution is 0.189. The highest BCUT2D eigenvalue weighted by Crippen LogP contribution is 2.29. The normalized spacial score (nSPS) is 17.7. The van der Waals surface area contributed by atoms with Crippen LogP contribution in [0.15, 0.2) is 41.3 Å². The summed E-state index contributed by atoms with van der Waals surface area (Å²) < 4.78 is 33.8. The quantitative estimate of drug-likeness (QED) is 0.662. The van der Waals surface area contributed by atoms with Gasteiger partial charge in [-0.15, -0.1) is 0 Å². The Balaban J connectivity index is 1.77. The number of pyridine rings is 1. The smallest absolute Gasteiger partial charge is 0.262 e. The third-order valence-electron chi connectivity index (χ3n) is 5.74. The molecule has 0 aliphatic carbocycles. The van der Waals surface area contributed by atoms with E-state index in [1.54, 1.807) is 18.2 Å². The predicted octanol–water partition coefficient (Wildman–Crippen LogP) is 3.93. The maximum absolute atomic E-state index is 12.9. The summed E-state index contributed by atoms with van der Waals surface area (Å²) in [6, 6.07) is 11.0. The van der Waals surface area contributed by atoms with Gasteiger partial charge in [-0.25, -0.2) is 8.42 Å². The molecule has 1 atom stereocenters. The van der Waals surface area contributed by atoms with Crippen LogP contribution in [0, 0.1) is 0 Å². The van der Waals surface area contributed by atoms with E-state index in [2.05, 4.69) is 47.2 Å². The second-order valence-corrected chi connectivity index (χ2v) is 10.1. The summed E-state index contributed by atoms with van der Waals surface area (Å²) in [4.78, 5) is 9.52. The maximum atomic E-state index is 12.9. The van der Waals surface area contributed by atoms with Gasteiger partial charge in [-0.2, -0.15) is 4.98 Å². The van der Waals surface area contributed by atoms with E-state index in [1.165, 1.54) is 7.11 Å². The van der Waals surface area contributed by atoms with Crippen LogP contribution < -0.4 is 14.4 Å². The average Bonchev–Trinajstić information content (AvgIpc) is 2.75. The molecule has 7 nitrogen and oxygen atoms in total. The van der Waals surface area contributed by atoms with E-state index < -0.39 is 10.0 Å². The van der Waals surface area contributed by atoms with E-state index in [0.717, 1.165) is 44.0 Å². The van der Waals surface area contributed by atoms with E-state index in [-0.39, 0.29) is 10.8 Å². The third kappa shape index (κ3) is 5.49. The first kappa shape index (κ1) is 23.3. The number of piperazine rings is 1. The molecule has 0 bridgehead atoms. The van der Waals surface area contributed by atoms with Gasteiger partial charge in [-0.3, -0.25) is 9.62 Å². The second kappa shape index (κ2) is 9.87. The second-order valence-electron chi connectivity index (χ2n) is 8.39. The molecule has 1 saturated heterocycles. The molecule has 0 amide bonds. The van der Waals surface area contributed by atoms with E-state index in [9.17, 15) is 8.42 Å². The molecule has 1 aliphatic rings. The van der Waals surface area contributed by atoms with Crippen molar-refractivity contribution in [3.63, 3.8) is 0 Å². The molecular weight excluding hydrogens is 412 g/mol. The molecule has 0 spiro atoms. The fraction of sp³-hybridized carbons (Fsp3) is 0.522. The number of hydrogen-bond donors (Lipinski definition) is 1. The van der Waals surface area contributed by atoms with Gasteiger partial charge >= 0.3 is 0 Å². The Labute approximate surface area is 186 Å². The van der Waals surface area contributed by atoms with Gasteiger partial charge in [0.25, 0.3) is 10.0 Å². The number of aromatic nitrogens is 1. The lowest BCUT2D eigenvalue weighted by Gasteiger charge is -2.40. The van der Waals surface area contributed by atoms with Crippen LogP contribution in [0.3, 0.4) is 0 Å². The summed E-state index contributed by atoms with van der Waals surface area (Å²) in [5, 5.41) is 0. The Kier molecular flexibility index (Phi) is 7.43.